The third kappa shape index (κ3) is 3.86. The highest BCUT2D eigenvalue weighted by molar-refractivity contribution is 7.13. The predicted molar refractivity (Wildman–Crippen MR) is 124 cm³/mol. The zero-order valence-corrected chi connectivity index (χ0v) is 18.9. The topological polar surface area (TPSA) is 85.1 Å². The first-order valence-corrected chi connectivity index (χ1v) is 11.2. The van der Waals surface area contributed by atoms with E-state index in [1.807, 2.05) is 0 Å². The van der Waals surface area contributed by atoms with Gasteiger partial charge in [0.25, 0.3) is 5.91 Å². The van der Waals surface area contributed by atoms with Crippen molar-refractivity contribution < 1.29 is 27.9 Å². The Hall–Kier alpha value is -4.02. The molecule has 35 heavy (non-hydrogen) atoms. The number of benzene rings is 3. The molecule has 1 N–H and O–H groups in total. The summed E-state index contributed by atoms with van der Waals surface area (Å²) in [4.78, 5) is 28.7. The van der Waals surface area contributed by atoms with Crippen LogP contribution in [0.15, 0.2) is 60.1 Å². The highest BCUT2D eigenvalue weighted by atomic mass is 35.5. The average molecular weight is 514 g/mol. The molecule has 0 fully saturated rings. The molecule has 0 atom stereocenters. The van der Waals surface area contributed by atoms with Gasteiger partial charge in [0.1, 0.15) is 10.7 Å². The molecule has 0 aliphatic rings. The number of hydrogen-bond donors (Lipinski definition) is 1. The summed E-state index contributed by atoms with van der Waals surface area (Å²) in [6.07, 6.45) is 1.61. The summed E-state index contributed by atoms with van der Waals surface area (Å²) in [7, 11) is 0. The lowest BCUT2D eigenvalue weighted by molar-refractivity contribution is 0.0696. The van der Waals surface area contributed by atoms with E-state index in [0.29, 0.717) is 33.3 Å². The van der Waals surface area contributed by atoms with Crippen molar-refractivity contribution >= 4 is 45.7 Å². The molecule has 0 unspecified atom stereocenters. The molecule has 5 rings (SSSR count). The molecule has 2 aromatic heterocycles. The summed E-state index contributed by atoms with van der Waals surface area (Å²) in [5.41, 5.74) is 0.935. The molecule has 0 saturated carbocycles. The van der Waals surface area contributed by atoms with Crippen LogP contribution in [0.25, 0.3) is 32.7 Å². The minimum absolute atomic E-state index is 0.0538. The van der Waals surface area contributed by atoms with Gasteiger partial charge >= 0.3 is 5.97 Å². The monoisotopic (exact) mass is 513 g/mol. The Balaban J connectivity index is 1.74. The molecule has 0 aliphatic carbocycles. The lowest BCUT2D eigenvalue weighted by Crippen LogP contribution is -2.17. The number of aromatic nitrogens is 3. The first-order chi connectivity index (χ1) is 16.8. The number of rotatable bonds is 4. The molecule has 2 heterocycles. The molecule has 11 heteroatoms. The third-order valence-corrected chi connectivity index (χ3v) is 6.39. The zero-order chi connectivity index (χ0) is 24.9. The van der Waals surface area contributed by atoms with E-state index in [2.05, 4.69) is 10.1 Å². The van der Waals surface area contributed by atoms with Gasteiger partial charge in [0, 0.05) is 28.1 Å². The maximum atomic E-state index is 14.5. The smallest absolute Gasteiger partial charge is 0.335 e. The number of carboxylic acids is 1. The maximum Gasteiger partial charge on any atom is 0.335 e. The highest BCUT2D eigenvalue weighted by Gasteiger charge is 2.26. The van der Waals surface area contributed by atoms with E-state index in [4.69, 9.17) is 16.7 Å². The Morgan fingerprint density at radius 2 is 1.66 bits per heavy atom. The van der Waals surface area contributed by atoms with Crippen LogP contribution in [0.2, 0.25) is 5.02 Å². The molecule has 6 nitrogen and oxygen atoms in total. The Bertz CT molecular complexity index is 1630. The zero-order valence-electron chi connectivity index (χ0n) is 17.3. The van der Waals surface area contributed by atoms with Crippen molar-refractivity contribution in [1.29, 1.82) is 0 Å². The molecule has 0 radical (unpaired) electrons. The Kier molecular flexibility index (Phi) is 5.62. The number of nitrogens with zero attached hydrogens (tertiary/aromatic N) is 3. The molecular weight excluding hydrogens is 503 g/mol. The molecule has 3 aromatic carbocycles. The van der Waals surface area contributed by atoms with Crippen molar-refractivity contribution in [2.45, 2.75) is 0 Å². The molecular formula is C24H11ClF3N3O3S. The van der Waals surface area contributed by atoms with Gasteiger partial charge in [0.15, 0.2) is 17.5 Å². The predicted octanol–water partition coefficient (Wildman–Crippen LogP) is 6.28. The van der Waals surface area contributed by atoms with Crippen molar-refractivity contribution in [3.05, 3.63) is 93.7 Å². The van der Waals surface area contributed by atoms with Crippen LogP contribution in [0.4, 0.5) is 13.2 Å². The maximum absolute atomic E-state index is 14.5. The number of thiazole rings is 1. The fourth-order valence-electron chi connectivity index (χ4n) is 3.60. The Morgan fingerprint density at radius 3 is 2.31 bits per heavy atom. The summed E-state index contributed by atoms with van der Waals surface area (Å²) in [6.45, 7) is 0. The number of aromatic carboxylic acids is 1. The van der Waals surface area contributed by atoms with Gasteiger partial charge in [0.05, 0.1) is 21.7 Å². The highest BCUT2D eigenvalue weighted by Crippen LogP contribution is 2.33. The van der Waals surface area contributed by atoms with Crippen LogP contribution in [0.3, 0.4) is 0 Å². The number of fused-ring (bicyclic) bond motifs is 1. The van der Waals surface area contributed by atoms with E-state index in [1.165, 1.54) is 35.6 Å². The summed E-state index contributed by atoms with van der Waals surface area (Å²) >= 11 is 7.02. The second-order valence-electron chi connectivity index (χ2n) is 7.37. The van der Waals surface area contributed by atoms with Crippen LogP contribution < -0.4 is 0 Å². The second-order valence-corrected chi connectivity index (χ2v) is 8.67. The van der Waals surface area contributed by atoms with Crippen molar-refractivity contribution in [3.8, 4) is 21.8 Å². The SMILES string of the molecule is O=C(O)c1ccc(-c2nn(C(=O)c3cc(Cl)c(F)c(F)c3F)c3cc(-c4nccs4)ccc23)cc1. The van der Waals surface area contributed by atoms with Crippen LogP contribution in [-0.4, -0.2) is 31.7 Å². The number of halogens is 4. The van der Waals surface area contributed by atoms with E-state index in [0.717, 1.165) is 4.68 Å². The molecule has 174 valence electrons. The van der Waals surface area contributed by atoms with Gasteiger partial charge < -0.3 is 5.11 Å². The molecule has 0 amide bonds. The second kappa shape index (κ2) is 8.64. The normalized spacial score (nSPS) is 11.2. The summed E-state index contributed by atoms with van der Waals surface area (Å²) in [5.74, 6) is -7.34. The molecule has 0 spiro atoms. The number of hydrogen-bond acceptors (Lipinski definition) is 5. The van der Waals surface area contributed by atoms with E-state index in [-0.39, 0.29) is 11.1 Å². The summed E-state index contributed by atoms with van der Waals surface area (Å²) < 4.78 is 43.1. The largest absolute Gasteiger partial charge is 0.478 e. The molecule has 0 aliphatic heterocycles. The minimum Gasteiger partial charge on any atom is -0.478 e. The van der Waals surface area contributed by atoms with Gasteiger partial charge in [-0.2, -0.15) is 9.78 Å². The van der Waals surface area contributed by atoms with Crippen LogP contribution in [0, 0.1) is 17.5 Å². The van der Waals surface area contributed by atoms with E-state index in [1.54, 1.807) is 29.8 Å². The summed E-state index contributed by atoms with van der Waals surface area (Å²) in [5, 5.41) is 15.6. The quantitative estimate of drug-likeness (QED) is 0.226. The van der Waals surface area contributed by atoms with Crippen LogP contribution in [0.1, 0.15) is 20.7 Å². The summed E-state index contributed by atoms with van der Waals surface area (Å²) in [6, 6.07) is 11.6. The van der Waals surface area contributed by atoms with Gasteiger partial charge in [-0.05, 0) is 30.3 Å². The van der Waals surface area contributed by atoms with E-state index in [9.17, 15) is 22.8 Å². The van der Waals surface area contributed by atoms with Crippen molar-refractivity contribution in [2.24, 2.45) is 0 Å². The lowest BCUT2D eigenvalue weighted by Gasteiger charge is -2.07. The van der Waals surface area contributed by atoms with Gasteiger partial charge in [-0.15, -0.1) is 11.3 Å². The van der Waals surface area contributed by atoms with Crippen molar-refractivity contribution in [1.82, 2.24) is 14.8 Å². The van der Waals surface area contributed by atoms with Crippen molar-refractivity contribution in [3.63, 3.8) is 0 Å². The van der Waals surface area contributed by atoms with E-state index >= 15 is 0 Å². The van der Waals surface area contributed by atoms with Crippen LogP contribution >= 0.6 is 22.9 Å². The number of carboxylic acid groups (broad SMARTS) is 1. The van der Waals surface area contributed by atoms with Gasteiger partial charge in [-0.3, -0.25) is 4.79 Å². The molecule has 0 saturated heterocycles. The van der Waals surface area contributed by atoms with Crippen molar-refractivity contribution in [2.75, 3.05) is 0 Å². The van der Waals surface area contributed by atoms with Crippen LogP contribution in [0.5, 0.6) is 0 Å². The van der Waals surface area contributed by atoms with Gasteiger partial charge in [0.2, 0.25) is 0 Å². The first kappa shape index (κ1) is 22.8. The Morgan fingerprint density at radius 1 is 0.943 bits per heavy atom. The Labute approximate surface area is 203 Å². The minimum atomic E-state index is -1.87. The molecule has 0 bridgehead atoms. The fraction of sp³-hybridized carbons (Fsp3) is 0. The standard InChI is InChI=1S/C24H11ClF3N3O3S/c25-16-10-15(18(26)20(28)19(16)27)23(32)31-17-9-13(22-29-7-8-35-22)5-6-14(17)21(30-31)11-1-3-12(4-2-11)24(33)34/h1-10H,(H,33,34). The van der Waals surface area contributed by atoms with E-state index < -0.39 is 39.9 Å². The third-order valence-electron chi connectivity index (χ3n) is 5.29. The van der Waals surface area contributed by atoms with Gasteiger partial charge in [-0.25, -0.2) is 22.9 Å². The van der Waals surface area contributed by atoms with Crippen LogP contribution in [-0.2, 0) is 0 Å². The molecule has 5 aromatic rings. The fourth-order valence-corrected chi connectivity index (χ4v) is 4.42. The van der Waals surface area contributed by atoms with Gasteiger partial charge in [-0.1, -0.05) is 29.8 Å². The average Bonchev–Trinajstić information content (AvgIpc) is 3.53. The number of carbonyl (C=O) groups excluding carboxylic acids is 1. The lowest BCUT2D eigenvalue weighted by atomic mass is 10.0. The number of carbonyl (C=O) groups is 2. The first-order valence-electron chi connectivity index (χ1n) is 9.90.